The minimum absolute atomic E-state index is 0.0608. The predicted octanol–water partition coefficient (Wildman–Crippen LogP) is -0.177. The van der Waals surface area contributed by atoms with Crippen LogP contribution in [0.15, 0.2) is 12.7 Å². The third kappa shape index (κ3) is 3.10. The topological polar surface area (TPSA) is 58.8 Å². The summed E-state index contributed by atoms with van der Waals surface area (Å²) in [7, 11) is 0. The highest BCUT2D eigenvalue weighted by molar-refractivity contribution is 5.82. The lowest BCUT2D eigenvalue weighted by atomic mass is 10.2. The monoisotopic (exact) mass is 253 g/mol. The van der Waals surface area contributed by atoms with Crippen molar-refractivity contribution in [1.29, 1.82) is 0 Å². The van der Waals surface area contributed by atoms with Crippen LogP contribution in [0.25, 0.3) is 0 Å². The first-order valence-corrected chi connectivity index (χ1v) is 6.69. The van der Waals surface area contributed by atoms with E-state index in [1.165, 1.54) is 0 Å². The second-order valence-corrected chi connectivity index (χ2v) is 5.01. The van der Waals surface area contributed by atoms with Gasteiger partial charge in [0, 0.05) is 32.2 Å². The molecule has 0 spiro atoms. The number of hydrogen-bond donors (Lipinski definition) is 1. The van der Waals surface area contributed by atoms with Crippen LogP contribution in [-0.4, -0.2) is 67.2 Å². The summed E-state index contributed by atoms with van der Waals surface area (Å²) in [6.07, 6.45) is 3.31. The standard InChI is InChI=1S/C13H23N3O2/c1-2-3-12(14)13(17)16-5-4-11(10-16)15-6-8-18-9-7-15/h2,11-12H,1,3-10,14H2. The van der Waals surface area contributed by atoms with Gasteiger partial charge < -0.3 is 15.4 Å². The zero-order valence-electron chi connectivity index (χ0n) is 10.9. The summed E-state index contributed by atoms with van der Waals surface area (Å²) < 4.78 is 5.35. The second-order valence-electron chi connectivity index (χ2n) is 5.01. The van der Waals surface area contributed by atoms with Crippen molar-refractivity contribution in [1.82, 2.24) is 9.80 Å². The molecule has 0 aromatic rings. The first kappa shape index (κ1) is 13.5. The largest absolute Gasteiger partial charge is 0.379 e. The Morgan fingerprint density at radius 3 is 2.83 bits per heavy atom. The Kier molecular flexibility index (Phi) is 4.74. The van der Waals surface area contributed by atoms with Crippen molar-refractivity contribution in [2.24, 2.45) is 5.73 Å². The van der Waals surface area contributed by atoms with Crippen LogP contribution >= 0.6 is 0 Å². The van der Waals surface area contributed by atoms with Crippen molar-refractivity contribution in [3.63, 3.8) is 0 Å². The van der Waals surface area contributed by atoms with Crippen LogP contribution in [0.1, 0.15) is 12.8 Å². The maximum atomic E-state index is 12.1. The molecule has 2 atom stereocenters. The predicted molar refractivity (Wildman–Crippen MR) is 70.2 cm³/mol. The van der Waals surface area contributed by atoms with E-state index in [-0.39, 0.29) is 5.91 Å². The molecule has 0 radical (unpaired) electrons. The van der Waals surface area contributed by atoms with E-state index < -0.39 is 6.04 Å². The summed E-state index contributed by atoms with van der Waals surface area (Å²) in [5.74, 6) is 0.0608. The Labute approximate surface area is 109 Å². The number of morpholine rings is 1. The minimum Gasteiger partial charge on any atom is -0.379 e. The van der Waals surface area contributed by atoms with Crippen LogP contribution in [0.3, 0.4) is 0 Å². The van der Waals surface area contributed by atoms with Gasteiger partial charge in [-0.05, 0) is 12.8 Å². The molecule has 2 unspecified atom stereocenters. The third-order valence-electron chi connectivity index (χ3n) is 3.77. The van der Waals surface area contributed by atoms with Gasteiger partial charge in [0.15, 0.2) is 0 Å². The molecular weight excluding hydrogens is 230 g/mol. The second kappa shape index (κ2) is 6.31. The number of rotatable bonds is 4. The summed E-state index contributed by atoms with van der Waals surface area (Å²) in [4.78, 5) is 16.4. The maximum absolute atomic E-state index is 12.1. The van der Waals surface area contributed by atoms with Gasteiger partial charge in [0.1, 0.15) is 0 Å². The van der Waals surface area contributed by atoms with Gasteiger partial charge in [-0.3, -0.25) is 9.69 Å². The van der Waals surface area contributed by atoms with Gasteiger partial charge in [0.05, 0.1) is 19.3 Å². The van der Waals surface area contributed by atoms with Crippen LogP contribution in [0.4, 0.5) is 0 Å². The van der Waals surface area contributed by atoms with E-state index >= 15 is 0 Å². The Hall–Kier alpha value is -0.910. The SMILES string of the molecule is C=CCC(N)C(=O)N1CCC(N2CCOCC2)C1. The fourth-order valence-corrected chi connectivity index (χ4v) is 2.70. The Bertz CT molecular complexity index is 303. The molecule has 5 heteroatoms. The van der Waals surface area contributed by atoms with Crippen molar-refractivity contribution in [2.45, 2.75) is 24.9 Å². The summed E-state index contributed by atoms with van der Waals surface area (Å²) in [6, 6.07) is 0.0553. The zero-order chi connectivity index (χ0) is 13.0. The smallest absolute Gasteiger partial charge is 0.239 e. The molecular formula is C13H23N3O2. The highest BCUT2D eigenvalue weighted by Gasteiger charge is 2.32. The van der Waals surface area contributed by atoms with E-state index in [1.807, 2.05) is 4.90 Å². The van der Waals surface area contributed by atoms with Crippen LogP contribution in [-0.2, 0) is 9.53 Å². The molecule has 0 aromatic heterocycles. The molecule has 102 valence electrons. The van der Waals surface area contributed by atoms with Crippen LogP contribution < -0.4 is 5.73 Å². The normalized spacial score (nSPS) is 27.2. The molecule has 1 amide bonds. The molecule has 0 aromatic carbocycles. The lowest BCUT2D eigenvalue weighted by Gasteiger charge is -2.32. The Balaban J connectivity index is 1.83. The van der Waals surface area contributed by atoms with E-state index in [0.29, 0.717) is 12.5 Å². The Morgan fingerprint density at radius 1 is 1.44 bits per heavy atom. The minimum atomic E-state index is -0.425. The fourth-order valence-electron chi connectivity index (χ4n) is 2.70. The number of amides is 1. The highest BCUT2D eigenvalue weighted by Crippen LogP contribution is 2.17. The quantitative estimate of drug-likeness (QED) is 0.706. The lowest BCUT2D eigenvalue weighted by molar-refractivity contribution is -0.131. The van der Waals surface area contributed by atoms with E-state index in [2.05, 4.69) is 11.5 Å². The molecule has 2 saturated heterocycles. The number of ether oxygens (including phenoxy) is 1. The van der Waals surface area contributed by atoms with Gasteiger partial charge in [-0.15, -0.1) is 6.58 Å². The Morgan fingerprint density at radius 2 is 2.17 bits per heavy atom. The number of likely N-dealkylation sites (tertiary alicyclic amines) is 1. The van der Waals surface area contributed by atoms with Crippen molar-refractivity contribution in [3.05, 3.63) is 12.7 Å². The van der Waals surface area contributed by atoms with Crippen molar-refractivity contribution < 1.29 is 9.53 Å². The summed E-state index contributed by atoms with van der Waals surface area (Å²) in [5, 5.41) is 0. The van der Waals surface area contributed by atoms with E-state index in [0.717, 1.165) is 45.8 Å². The van der Waals surface area contributed by atoms with Crippen LogP contribution in [0.2, 0.25) is 0 Å². The number of nitrogens with zero attached hydrogens (tertiary/aromatic N) is 2. The van der Waals surface area contributed by atoms with Crippen LogP contribution in [0.5, 0.6) is 0 Å². The van der Waals surface area contributed by atoms with Gasteiger partial charge in [0.2, 0.25) is 5.91 Å². The van der Waals surface area contributed by atoms with E-state index in [1.54, 1.807) is 6.08 Å². The average molecular weight is 253 g/mol. The molecule has 5 nitrogen and oxygen atoms in total. The van der Waals surface area contributed by atoms with E-state index in [9.17, 15) is 4.79 Å². The maximum Gasteiger partial charge on any atom is 0.239 e. The van der Waals surface area contributed by atoms with Gasteiger partial charge >= 0.3 is 0 Å². The summed E-state index contributed by atoms with van der Waals surface area (Å²) in [5.41, 5.74) is 5.84. The van der Waals surface area contributed by atoms with Gasteiger partial charge in [-0.25, -0.2) is 0 Å². The molecule has 18 heavy (non-hydrogen) atoms. The molecule has 2 rings (SSSR count). The molecule has 2 aliphatic heterocycles. The molecule has 2 N–H and O–H groups in total. The summed E-state index contributed by atoms with van der Waals surface area (Å²) >= 11 is 0. The average Bonchev–Trinajstić information content (AvgIpc) is 2.89. The lowest BCUT2D eigenvalue weighted by Crippen LogP contribution is -2.47. The molecule has 0 aliphatic carbocycles. The number of carbonyl (C=O) groups excluding carboxylic acids is 1. The molecule has 2 heterocycles. The van der Waals surface area contributed by atoms with Gasteiger partial charge in [-0.1, -0.05) is 6.08 Å². The van der Waals surface area contributed by atoms with Crippen molar-refractivity contribution in [3.8, 4) is 0 Å². The van der Waals surface area contributed by atoms with E-state index in [4.69, 9.17) is 10.5 Å². The first-order chi connectivity index (χ1) is 8.72. The first-order valence-electron chi connectivity index (χ1n) is 6.69. The highest BCUT2D eigenvalue weighted by atomic mass is 16.5. The summed E-state index contributed by atoms with van der Waals surface area (Å²) in [6.45, 7) is 8.83. The number of nitrogens with two attached hydrogens (primary N) is 1. The molecule has 0 saturated carbocycles. The van der Waals surface area contributed by atoms with Crippen molar-refractivity contribution >= 4 is 5.91 Å². The molecule has 0 bridgehead atoms. The van der Waals surface area contributed by atoms with Crippen LogP contribution in [0, 0.1) is 0 Å². The molecule has 2 aliphatic rings. The zero-order valence-corrected chi connectivity index (χ0v) is 10.9. The molecule has 2 fully saturated rings. The number of carbonyl (C=O) groups is 1. The third-order valence-corrected chi connectivity index (χ3v) is 3.77. The number of hydrogen-bond acceptors (Lipinski definition) is 4. The fraction of sp³-hybridized carbons (Fsp3) is 0.769. The van der Waals surface area contributed by atoms with Gasteiger partial charge in [0.25, 0.3) is 0 Å². The van der Waals surface area contributed by atoms with Crippen molar-refractivity contribution in [2.75, 3.05) is 39.4 Å². The van der Waals surface area contributed by atoms with Gasteiger partial charge in [-0.2, -0.15) is 0 Å².